The summed E-state index contributed by atoms with van der Waals surface area (Å²) in [6.07, 6.45) is 10.5. The fourth-order valence-corrected chi connectivity index (χ4v) is 3.85. The predicted octanol–water partition coefficient (Wildman–Crippen LogP) is 5.05. The van der Waals surface area contributed by atoms with E-state index < -0.39 is 35.4 Å². The highest BCUT2D eigenvalue weighted by Crippen LogP contribution is 2.36. The summed E-state index contributed by atoms with van der Waals surface area (Å²) in [5.74, 6) is -0.981. The summed E-state index contributed by atoms with van der Waals surface area (Å²) in [7, 11) is 0. The number of amides is 2. The first kappa shape index (κ1) is 26.6. The van der Waals surface area contributed by atoms with Crippen LogP contribution in [-0.2, 0) is 14.3 Å². The zero-order chi connectivity index (χ0) is 26.2. The van der Waals surface area contributed by atoms with Crippen LogP contribution in [0.4, 0.5) is 10.1 Å². The lowest BCUT2D eigenvalue weighted by atomic mass is 9.90. The number of benzene rings is 1. The second kappa shape index (κ2) is 12.1. The molecule has 7 nitrogen and oxygen atoms in total. The minimum absolute atomic E-state index is 0.0152. The summed E-state index contributed by atoms with van der Waals surface area (Å²) in [6, 6.07) is 5.02. The molecule has 9 heteroatoms. The molecular formula is C27H24ClFN2O5. The fourth-order valence-electron chi connectivity index (χ4n) is 3.66. The van der Waals surface area contributed by atoms with Gasteiger partial charge in [-0.2, -0.15) is 0 Å². The lowest BCUT2D eigenvalue weighted by molar-refractivity contribution is -0.138. The number of pyridine rings is 1. The number of carbonyl (C=O) groups excluding carboxylic acids is 3. The number of anilines is 1. The third-order valence-corrected chi connectivity index (χ3v) is 5.70. The van der Waals surface area contributed by atoms with Crippen LogP contribution in [0, 0.1) is 18.2 Å². The number of hydrogen-bond acceptors (Lipinski definition) is 6. The van der Waals surface area contributed by atoms with E-state index in [2.05, 4.69) is 17.5 Å². The Hall–Kier alpha value is -3.96. The van der Waals surface area contributed by atoms with Crippen molar-refractivity contribution in [1.29, 1.82) is 0 Å². The number of aromatic nitrogens is 1. The Kier molecular flexibility index (Phi) is 8.98. The molecular weight excluding hydrogens is 487 g/mol. The SMILES string of the molecule is C#CC(C)Oc1cc(N(C(=O)C2=C(C(=O)OCC=C)CCCC2)C(=O)c2cccnc2)c(F)cc1Cl. The van der Waals surface area contributed by atoms with Crippen molar-refractivity contribution >= 4 is 35.1 Å². The van der Waals surface area contributed by atoms with Gasteiger partial charge in [-0.15, -0.1) is 6.42 Å². The predicted molar refractivity (Wildman–Crippen MR) is 133 cm³/mol. The molecule has 36 heavy (non-hydrogen) atoms. The molecule has 1 aromatic carbocycles. The molecule has 3 rings (SSSR count). The van der Waals surface area contributed by atoms with E-state index in [1.54, 1.807) is 6.92 Å². The maximum Gasteiger partial charge on any atom is 0.334 e. The zero-order valence-electron chi connectivity index (χ0n) is 19.6. The van der Waals surface area contributed by atoms with Gasteiger partial charge in [0.2, 0.25) is 0 Å². The lowest BCUT2D eigenvalue weighted by Crippen LogP contribution is -2.40. The van der Waals surface area contributed by atoms with Crippen LogP contribution < -0.4 is 9.64 Å². The Morgan fingerprint density at radius 1 is 1.28 bits per heavy atom. The monoisotopic (exact) mass is 510 g/mol. The van der Waals surface area contributed by atoms with E-state index in [1.807, 2.05) is 0 Å². The summed E-state index contributed by atoms with van der Waals surface area (Å²) in [6.45, 7) is 5.05. The van der Waals surface area contributed by atoms with Crippen molar-refractivity contribution in [2.45, 2.75) is 38.7 Å². The maximum atomic E-state index is 15.3. The number of ether oxygens (including phenoxy) is 2. The Balaban J connectivity index is 2.17. The standard InChI is InChI=1S/C27H24ClFN2O5/c1-4-13-35-27(34)20-11-7-6-10-19(20)26(33)31(25(32)18-9-8-12-30-16-18)23-15-24(36-17(3)5-2)21(28)14-22(23)29/h2,4,8-9,12,14-17H,1,6-7,10-11,13H2,3H3. The largest absolute Gasteiger partial charge is 0.476 e. The van der Waals surface area contributed by atoms with Crippen LogP contribution in [0.2, 0.25) is 5.02 Å². The number of terminal acetylenes is 1. The molecule has 0 saturated carbocycles. The molecule has 1 heterocycles. The van der Waals surface area contributed by atoms with E-state index >= 15 is 4.39 Å². The first-order chi connectivity index (χ1) is 17.3. The quantitative estimate of drug-likeness (QED) is 0.214. The van der Waals surface area contributed by atoms with Crippen molar-refractivity contribution in [1.82, 2.24) is 4.98 Å². The molecule has 1 unspecified atom stereocenters. The third-order valence-electron chi connectivity index (χ3n) is 5.40. The van der Waals surface area contributed by atoms with Crippen molar-refractivity contribution in [2.24, 2.45) is 0 Å². The van der Waals surface area contributed by atoms with Gasteiger partial charge >= 0.3 is 5.97 Å². The van der Waals surface area contributed by atoms with Gasteiger partial charge in [-0.25, -0.2) is 14.1 Å². The van der Waals surface area contributed by atoms with Crippen LogP contribution in [0.15, 0.2) is 60.5 Å². The lowest BCUT2D eigenvalue weighted by Gasteiger charge is -2.26. The summed E-state index contributed by atoms with van der Waals surface area (Å²) < 4.78 is 26.0. The molecule has 186 valence electrons. The van der Waals surface area contributed by atoms with Crippen molar-refractivity contribution in [3.63, 3.8) is 0 Å². The van der Waals surface area contributed by atoms with Gasteiger partial charge in [0.05, 0.1) is 16.3 Å². The van der Waals surface area contributed by atoms with E-state index in [9.17, 15) is 14.4 Å². The van der Waals surface area contributed by atoms with Crippen molar-refractivity contribution < 1.29 is 28.2 Å². The van der Waals surface area contributed by atoms with Crippen LogP contribution in [0.25, 0.3) is 0 Å². The Morgan fingerprint density at radius 3 is 2.64 bits per heavy atom. The number of esters is 1. The van der Waals surface area contributed by atoms with E-state index in [4.69, 9.17) is 27.5 Å². The average Bonchev–Trinajstić information content (AvgIpc) is 2.90. The molecule has 1 aliphatic rings. The van der Waals surface area contributed by atoms with E-state index in [-0.39, 0.29) is 46.9 Å². The van der Waals surface area contributed by atoms with Crippen LogP contribution in [0.3, 0.4) is 0 Å². The van der Waals surface area contributed by atoms with Gasteiger partial charge in [0, 0.05) is 29.6 Å². The molecule has 1 aliphatic carbocycles. The van der Waals surface area contributed by atoms with Gasteiger partial charge in [-0.05, 0) is 50.8 Å². The number of rotatable bonds is 8. The van der Waals surface area contributed by atoms with Gasteiger partial charge in [0.1, 0.15) is 18.2 Å². The maximum absolute atomic E-state index is 15.3. The second-order valence-corrected chi connectivity index (χ2v) is 8.31. The van der Waals surface area contributed by atoms with Gasteiger partial charge in [0.25, 0.3) is 11.8 Å². The third kappa shape index (κ3) is 5.99. The summed E-state index contributed by atoms with van der Waals surface area (Å²) in [5.41, 5.74) is -0.161. The number of imide groups is 1. The average molecular weight is 511 g/mol. The first-order valence-corrected chi connectivity index (χ1v) is 11.6. The molecule has 0 aliphatic heterocycles. The molecule has 0 fully saturated rings. The topological polar surface area (TPSA) is 85.8 Å². The number of carbonyl (C=O) groups is 3. The van der Waals surface area contributed by atoms with Crippen molar-refractivity contribution in [2.75, 3.05) is 11.5 Å². The van der Waals surface area contributed by atoms with E-state index in [1.165, 1.54) is 30.6 Å². The summed E-state index contributed by atoms with van der Waals surface area (Å²) in [5, 5.41) is -0.0925. The number of halogens is 2. The fraction of sp³-hybridized carbons (Fsp3) is 0.259. The smallest absolute Gasteiger partial charge is 0.334 e. The van der Waals surface area contributed by atoms with Crippen LogP contribution in [0.1, 0.15) is 43.0 Å². The van der Waals surface area contributed by atoms with E-state index in [0.29, 0.717) is 17.7 Å². The second-order valence-electron chi connectivity index (χ2n) is 7.90. The van der Waals surface area contributed by atoms with Crippen molar-refractivity contribution in [3.8, 4) is 18.1 Å². The van der Waals surface area contributed by atoms with Gasteiger partial charge < -0.3 is 9.47 Å². The minimum atomic E-state index is -0.946. The molecule has 0 radical (unpaired) electrons. The molecule has 2 aromatic rings. The van der Waals surface area contributed by atoms with E-state index in [0.717, 1.165) is 12.1 Å². The van der Waals surface area contributed by atoms with Crippen LogP contribution >= 0.6 is 11.6 Å². The normalized spacial score (nSPS) is 13.8. The zero-order valence-corrected chi connectivity index (χ0v) is 20.4. The Morgan fingerprint density at radius 2 is 2.00 bits per heavy atom. The molecule has 2 amide bonds. The van der Waals surface area contributed by atoms with Crippen LogP contribution in [0.5, 0.6) is 5.75 Å². The number of nitrogens with zero attached hydrogens (tertiary/aromatic N) is 2. The molecule has 0 N–H and O–H groups in total. The Labute approximate surface area is 213 Å². The minimum Gasteiger partial charge on any atom is -0.476 e. The molecule has 1 atom stereocenters. The Bertz CT molecular complexity index is 1250. The number of hydrogen-bond donors (Lipinski definition) is 0. The molecule has 0 bridgehead atoms. The van der Waals surface area contributed by atoms with Crippen molar-refractivity contribution in [3.05, 3.63) is 76.9 Å². The van der Waals surface area contributed by atoms with Gasteiger partial charge in [-0.1, -0.05) is 30.2 Å². The van der Waals surface area contributed by atoms with Gasteiger partial charge in [0.15, 0.2) is 6.10 Å². The molecule has 1 aromatic heterocycles. The molecule has 0 saturated heterocycles. The summed E-state index contributed by atoms with van der Waals surface area (Å²) >= 11 is 6.13. The van der Waals surface area contributed by atoms with Crippen LogP contribution in [-0.4, -0.2) is 35.5 Å². The highest BCUT2D eigenvalue weighted by Gasteiger charge is 2.34. The summed E-state index contributed by atoms with van der Waals surface area (Å²) in [4.78, 5) is 44.7. The highest BCUT2D eigenvalue weighted by molar-refractivity contribution is 6.32. The first-order valence-electron chi connectivity index (χ1n) is 11.2. The highest BCUT2D eigenvalue weighted by atomic mass is 35.5. The molecule has 0 spiro atoms. The van der Waals surface area contributed by atoms with Gasteiger partial charge in [-0.3, -0.25) is 14.6 Å².